The van der Waals surface area contributed by atoms with E-state index in [0.717, 1.165) is 63.6 Å². The number of likely N-dealkylation sites (N-methyl/N-ethyl adjacent to an activating group) is 1. The quantitative estimate of drug-likeness (QED) is 0.604. The Morgan fingerprint density at radius 3 is 2.85 bits per heavy atom. The predicted molar refractivity (Wildman–Crippen MR) is 105 cm³/mol. The third kappa shape index (κ3) is 5.19. The van der Waals surface area contributed by atoms with Crippen LogP contribution in [0.1, 0.15) is 24.8 Å². The molecule has 0 radical (unpaired) electrons. The van der Waals surface area contributed by atoms with Crippen LogP contribution in [0.15, 0.2) is 29.3 Å². The van der Waals surface area contributed by atoms with Crippen molar-refractivity contribution in [2.24, 2.45) is 10.4 Å². The second-order valence-electron chi connectivity index (χ2n) is 7.82. The van der Waals surface area contributed by atoms with Gasteiger partial charge in [0.05, 0.1) is 0 Å². The molecule has 0 bridgehead atoms. The van der Waals surface area contributed by atoms with E-state index < -0.39 is 0 Å². The zero-order valence-electron chi connectivity index (χ0n) is 16.3. The summed E-state index contributed by atoms with van der Waals surface area (Å²) in [6, 6.07) is 6.64. The maximum atomic E-state index is 13.0. The lowest BCUT2D eigenvalue weighted by Crippen LogP contribution is -2.52. The maximum absolute atomic E-state index is 13.0. The lowest BCUT2D eigenvalue weighted by Gasteiger charge is -2.40. The number of nitrogens with zero attached hydrogens (tertiary/aromatic N) is 3. The molecule has 1 spiro atoms. The van der Waals surface area contributed by atoms with Crippen LogP contribution in [0, 0.1) is 11.2 Å². The summed E-state index contributed by atoms with van der Waals surface area (Å²) in [6.07, 6.45) is 2.81. The lowest BCUT2D eigenvalue weighted by atomic mass is 9.79. The van der Waals surface area contributed by atoms with E-state index in [9.17, 15) is 9.18 Å². The van der Waals surface area contributed by atoms with Crippen LogP contribution < -0.4 is 10.6 Å². The summed E-state index contributed by atoms with van der Waals surface area (Å²) >= 11 is 0. The van der Waals surface area contributed by atoms with Crippen molar-refractivity contribution in [1.29, 1.82) is 0 Å². The van der Waals surface area contributed by atoms with Crippen molar-refractivity contribution in [2.75, 3.05) is 46.8 Å². The fourth-order valence-corrected chi connectivity index (χ4v) is 4.10. The van der Waals surface area contributed by atoms with E-state index in [-0.39, 0.29) is 17.1 Å². The van der Waals surface area contributed by atoms with Crippen molar-refractivity contribution >= 4 is 11.9 Å². The molecule has 2 heterocycles. The van der Waals surface area contributed by atoms with E-state index in [1.54, 1.807) is 0 Å². The number of carbonyl (C=O) groups is 1. The van der Waals surface area contributed by atoms with Gasteiger partial charge in [-0.25, -0.2) is 4.39 Å². The predicted octanol–water partition coefficient (Wildman–Crippen LogP) is 1.43. The van der Waals surface area contributed by atoms with Gasteiger partial charge in [-0.05, 0) is 37.6 Å². The average Bonchev–Trinajstić information content (AvgIpc) is 3.00. The van der Waals surface area contributed by atoms with Gasteiger partial charge in [-0.2, -0.15) is 0 Å². The summed E-state index contributed by atoms with van der Waals surface area (Å²) in [6.45, 7) is 5.04. The van der Waals surface area contributed by atoms with Gasteiger partial charge in [0.1, 0.15) is 5.82 Å². The number of amides is 1. The van der Waals surface area contributed by atoms with E-state index in [1.807, 2.05) is 19.2 Å². The Balaban J connectivity index is 1.46. The van der Waals surface area contributed by atoms with E-state index in [2.05, 4.69) is 32.5 Å². The summed E-state index contributed by atoms with van der Waals surface area (Å²) in [5.74, 6) is 0.871. The molecule has 0 aliphatic carbocycles. The van der Waals surface area contributed by atoms with E-state index in [1.165, 1.54) is 12.1 Å². The van der Waals surface area contributed by atoms with Gasteiger partial charge >= 0.3 is 0 Å². The molecular weight excluding hydrogens is 345 g/mol. The lowest BCUT2D eigenvalue weighted by molar-refractivity contribution is -0.119. The van der Waals surface area contributed by atoms with Crippen LogP contribution in [0.5, 0.6) is 0 Å². The molecule has 2 aliphatic heterocycles. The number of aliphatic imine (C=N–C) groups is 1. The number of hydrogen-bond donors (Lipinski definition) is 2. The van der Waals surface area contributed by atoms with Crippen molar-refractivity contribution in [3.05, 3.63) is 35.6 Å². The number of rotatable bonds is 5. The highest BCUT2D eigenvalue weighted by Gasteiger charge is 2.42. The second-order valence-corrected chi connectivity index (χ2v) is 7.82. The van der Waals surface area contributed by atoms with Gasteiger partial charge in [0.25, 0.3) is 0 Å². The summed E-state index contributed by atoms with van der Waals surface area (Å²) < 4.78 is 13.0. The molecule has 1 amide bonds. The van der Waals surface area contributed by atoms with Gasteiger partial charge in [0.15, 0.2) is 5.96 Å². The molecule has 148 valence electrons. The second kappa shape index (κ2) is 8.69. The minimum atomic E-state index is -0.203. The van der Waals surface area contributed by atoms with Gasteiger partial charge in [0.2, 0.25) is 5.91 Å². The number of likely N-dealkylation sites (tertiary alicyclic amines) is 1. The number of piperidine rings is 1. The smallest absolute Gasteiger partial charge is 0.220 e. The molecule has 2 aliphatic rings. The van der Waals surface area contributed by atoms with Gasteiger partial charge in [-0.15, -0.1) is 0 Å². The molecule has 27 heavy (non-hydrogen) atoms. The number of halogens is 1. The van der Waals surface area contributed by atoms with Crippen LogP contribution in [-0.4, -0.2) is 68.5 Å². The molecule has 1 aromatic carbocycles. The fourth-order valence-electron chi connectivity index (χ4n) is 4.10. The van der Waals surface area contributed by atoms with Crippen LogP contribution in [0.25, 0.3) is 0 Å². The standard InChI is InChI=1S/C20H30FN5O/c1-22-19(26-10-3-8-20(15-26)12-18(27)24-14-20)23-9-11-25(2)13-16-4-6-17(21)7-5-16/h4-7H,3,8-15H2,1-2H3,(H,22,23)(H,24,27). The summed E-state index contributed by atoms with van der Waals surface area (Å²) in [5.41, 5.74) is 1.16. The number of benzene rings is 1. The Hall–Kier alpha value is -2.15. The summed E-state index contributed by atoms with van der Waals surface area (Å²) in [5, 5.41) is 6.44. The molecule has 7 heteroatoms. The SMILES string of the molecule is CN=C(NCCN(C)Cc1ccc(F)cc1)N1CCCC2(CNC(=O)C2)C1. The first-order valence-corrected chi connectivity index (χ1v) is 9.65. The van der Waals surface area contributed by atoms with Crippen LogP contribution in [0.3, 0.4) is 0 Å². The molecular formula is C20H30FN5O. The molecule has 1 unspecified atom stereocenters. The number of carbonyl (C=O) groups excluding carboxylic acids is 1. The number of guanidine groups is 1. The van der Waals surface area contributed by atoms with Gasteiger partial charge in [-0.1, -0.05) is 12.1 Å². The normalized spacial score (nSPS) is 23.2. The summed E-state index contributed by atoms with van der Waals surface area (Å²) in [4.78, 5) is 20.6. The highest BCUT2D eigenvalue weighted by Crippen LogP contribution is 2.35. The molecule has 1 atom stereocenters. The monoisotopic (exact) mass is 375 g/mol. The van der Waals surface area contributed by atoms with Gasteiger partial charge in [0, 0.05) is 58.2 Å². The largest absolute Gasteiger partial charge is 0.355 e. The maximum Gasteiger partial charge on any atom is 0.220 e. The van der Waals surface area contributed by atoms with E-state index in [0.29, 0.717) is 6.42 Å². The van der Waals surface area contributed by atoms with Crippen molar-refractivity contribution < 1.29 is 9.18 Å². The third-order valence-corrected chi connectivity index (χ3v) is 5.51. The van der Waals surface area contributed by atoms with Crippen molar-refractivity contribution in [3.63, 3.8) is 0 Å². The molecule has 3 rings (SSSR count). The van der Waals surface area contributed by atoms with E-state index >= 15 is 0 Å². The topological polar surface area (TPSA) is 60.0 Å². The zero-order valence-corrected chi connectivity index (χ0v) is 16.3. The first-order valence-electron chi connectivity index (χ1n) is 9.65. The highest BCUT2D eigenvalue weighted by atomic mass is 19.1. The molecule has 2 saturated heterocycles. The zero-order chi connectivity index (χ0) is 19.3. The Labute approximate surface area is 160 Å². The minimum Gasteiger partial charge on any atom is -0.355 e. The first-order chi connectivity index (χ1) is 13.0. The molecule has 2 fully saturated rings. The number of nitrogens with one attached hydrogen (secondary N) is 2. The van der Waals surface area contributed by atoms with Crippen LogP contribution in [0.4, 0.5) is 4.39 Å². The Kier molecular flexibility index (Phi) is 6.31. The first kappa shape index (κ1) is 19.6. The van der Waals surface area contributed by atoms with Gasteiger partial charge in [-0.3, -0.25) is 9.79 Å². The van der Waals surface area contributed by atoms with Crippen molar-refractivity contribution in [3.8, 4) is 0 Å². The Morgan fingerprint density at radius 2 is 2.19 bits per heavy atom. The average molecular weight is 375 g/mol. The minimum absolute atomic E-state index is 0.0618. The van der Waals surface area contributed by atoms with Crippen LogP contribution >= 0.6 is 0 Å². The van der Waals surface area contributed by atoms with Crippen LogP contribution in [-0.2, 0) is 11.3 Å². The third-order valence-electron chi connectivity index (χ3n) is 5.51. The van der Waals surface area contributed by atoms with Crippen molar-refractivity contribution in [2.45, 2.75) is 25.8 Å². The summed E-state index contributed by atoms with van der Waals surface area (Å²) in [7, 11) is 3.86. The molecule has 0 saturated carbocycles. The molecule has 0 aromatic heterocycles. The Bertz CT molecular complexity index is 677. The molecule has 6 nitrogen and oxygen atoms in total. The number of hydrogen-bond acceptors (Lipinski definition) is 3. The highest BCUT2D eigenvalue weighted by molar-refractivity contribution is 5.81. The van der Waals surface area contributed by atoms with Crippen LogP contribution in [0.2, 0.25) is 0 Å². The van der Waals surface area contributed by atoms with E-state index in [4.69, 9.17) is 0 Å². The van der Waals surface area contributed by atoms with Gasteiger partial charge < -0.3 is 20.4 Å². The molecule has 2 N–H and O–H groups in total. The molecule has 1 aromatic rings. The Morgan fingerprint density at radius 1 is 1.41 bits per heavy atom. The fraction of sp³-hybridized carbons (Fsp3) is 0.600. The van der Waals surface area contributed by atoms with Crippen molar-refractivity contribution in [1.82, 2.24) is 20.4 Å².